The second-order valence-electron chi connectivity index (χ2n) is 5.53. The van der Waals surface area contributed by atoms with E-state index in [0.717, 1.165) is 24.6 Å². The summed E-state index contributed by atoms with van der Waals surface area (Å²) in [5.74, 6) is 1.73. The molecule has 0 amide bonds. The second kappa shape index (κ2) is 6.29. The SMILES string of the molecule is CCCC1(CNCc2ccc(OC)cc2OC)CC1. The Morgan fingerprint density at radius 2 is 2.00 bits per heavy atom. The molecule has 1 fully saturated rings. The van der Waals surface area contributed by atoms with Gasteiger partial charge in [0.05, 0.1) is 14.2 Å². The zero-order chi connectivity index (χ0) is 13.7. The Kier molecular flexibility index (Phi) is 4.70. The van der Waals surface area contributed by atoms with Crippen LogP contribution in [-0.2, 0) is 6.54 Å². The van der Waals surface area contributed by atoms with Crippen LogP contribution in [-0.4, -0.2) is 20.8 Å². The predicted molar refractivity (Wildman–Crippen MR) is 77.8 cm³/mol. The molecule has 0 radical (unpaired) electrons. The molecule has 0 aromatic heterocycles. The summed E-state index contributed by atoms with van der Waals surface area (Å²) in [6.07, 6.45) is 5.40. The third-order valence-corrected chi connectivity index (χ3v) is 4.05. The number of rotatable bonds is 8. The van der Waals surface area contributed by atoms with Crippen LogP contribution < -0.4 is 14.8 Å². The van der Waals surface area contributed by atoms with Gasteiger partial charge in [-0.3, -0.25) is 0 Å². The lowest BCUT2D eigenvalue weighted by Gasteiger charge is -2.16. The Morgan fingerprint density at radius 3 is 2.58 bits per heavy atom. The second-order valence-corrected chi connectivity index (χ2v) is 5.53. The third-order valence-electron chi connectivity index (χ3n) is 4.05. The fourth-order valence-electron chi connectivity index (χ4n) is 2.68. The standard InChI is InChI=1S/C16H25NO2/c1-4-7-16(8-9-16)12-17-11-13-5-6-14(18-2)10-15(13)19-3/h5-6,10,17H,4,7-9,11-12H2,1-3H3. The van der Waals surface area contributed by atoms with Gasteiger partial charge in [0.2, 0.25) is 0 Å². The highest BCUT2D eigenvalue weighted by Crippen LogP contribution is 2.48. The summed E-state index contributed by atoms with van der Waals surface area (Å²) in [5.41, 5.74) is 1.78. The van der Waals surface area contributed by atoms with Crippen LogP contribution in [0.1, 0.15) is 38.2 Å². The zero-order valence-electron chi connectivity index (χ0n) is 12.3. The lowest BCUT2D eigenvalue weighted by atomic mass is 10.0. The fraction of sp³-hybridized carbons (Fsp3) is 0.625. The molecule has 0 bridgehead atoms. The van der Waals surface area contributed by atoms with Gasteiger partial charge in [-0.25, -0.2) is 0 Å². The Balaban J connectivity index is 1.89. The first-order valence-corrected chi connectivity index (χ1v) is 7.14. The number of ether oxygens (including phenoxy) is 2. The van der Waals surface area contributed by atoms with Crippen molar-refractivity contribution in [2.75, 3.05) is 20.8 Å². The zero-order valence-corrected chi connectivity index (χ0v) is 12.3. The minimum atomic E-state index is 0.592. The highest BCUT2D eigenvalue weighted by Gasteiger charge is 2.40. The summed E-state index contributed by atoms with van der Waals surface area (Å²) in [4.78, 5) is 0. The Labute approximate surface area is 116 Å². The molecule has 1 N–H and O–H groups in total. The molecule has 0 heterocycles. The molecule has 19 heavy (non-hydrogen) atoms. The molecule has 1 aliphatic rings. The van der Waals surface area contributed by atoms with Crippen LogP contribution in [0.5, 0.6) is 11.5 Å². The molecule has 0 saturated heterocycles. The van der Waals surface area contributed by atoms with E-state index in [4.69, 9.17) is 9.47 Å². The van der Waals surface area contributed by atoms with Crippen LogP contribution in [0.3, 0.4) is 0 Å². The summed E-state index contributed by atoms with van der Waals surface area (Å²) in [7, 11) is 3.38. The van der Waals surface area contributed by atoms with Crippen LogP contribution in [0.4, 0.5) is 0 Å². The maximum Gasteiger partial charge on any atom is 0.127 e. The molecular weight excluding hydrogens is 238 g/mol. The summed E-state index contributed by atoms with van der Waals surface area (Å²) in [5, 5.41) is 3.58. The fourth-order valence-corrected chi connectivity index (χ4v) is 2.68. The molecule has 3 nitrogen and oxygen atoms in total. The van der Waals surface area contributed by atoms with Crippen molar-refractivity contribution < 1.29 is 9.47 Å². The van der Waals surface area contributed by atoms with Gasteiger partial charge in [-0.05, 0) is 30.7 Å². The van der Waals surface area contributed by atoms with Crippen LogP contribution in [0.15, 0.2) is 18.2 Å². The minimum absolute atomic E-state index is 0.592. The van der Waals surface area contributed by atoms with Crippen LogP contribution in [0, 0.1) is 5.41 Å². The number of benzene rings is 1. The lowest BCUT2D eigenvalue weighted by Crippen LogP contribution is -2.23. The Morgan fingerprint density at radius 1 is 1.21 bits per heavy atom. The van der Waals surface area contributed by atoms with Crippen molar-refractivity contribution in [2.45, 2.75) is 39.2 Å². The van der Waals surface area contributed by atoms with E-state index < -0.39 is 0 Å². The van der Waals surface area contributed by atoms with E-state index in [-0.39, 0.29) is 0 Å². The number of hydrogen-bond donors (Lipinski definition) is 1. The van der Waals surface area contributed by atoms with Gasteiger partial charge >= 0.3 is 0 Å². The van der Waals surface area contributed by atoms with Gasteiger partial charge < -0.3 is 14.8 Å². The Bertz CT molecular complexity index is 413. The summed E-state index contributed by atoms with van der Waals surface area (Å²) in [6.45, 7) is 4.25. The van der Waals surface area contributed by atoms with E-state index >= 15 is 0 Å². The first kappa shape index (κ1) is 14.2. The van der Waals surface area contributed by atoms with Crippen molar-refractivity contribution in [1.29, 1.82) is 0 Å². The van der Waals surface area contributed by atoms with E-state index in [1.165, 1.54) is 31.2 Å². The van der Waals surface area contributed by atoms with Crippen LogP contribution in [0.2, 0.25) is 0 Å². The van der Waals surface area contributed by atoms with Gasteiger partial charge in [-0.2, -0.15) is 0 Å². The summed E-state index contributed by atoms with van der Waals surface area (Å²) in [6, 6.07) is 6.00. The first-order valence-electron chi connectivity index (χ1n) is 7.14. The quantitative estimate of drug-likeness (QED) is 0.780. The number of methoxy groups -OCH3 is 2. The average molecular weight is 263 g/mol. The first-order chi connectivity index (χ1) is 9.23. The lowest BCUT2D eigenvalue weighted by molar-refractivity contribution is 0.385. The Hall–Kier alpha value is -1.22. The molecule has 0 unspecified atom stereocenters. The van der Waals surface area contributed by atoms with Crippen molar-refractivity contribution in [3.63, 3.8) is 0 Å². The van der Waals surface area contributed by atoms with Gasteiger partial charge in [-0.15, -0.1) is 0 Å². The van der Waals surface area contributed by atoms with Crippen molar-refractivity contribution >= 4 is 0 Å². The molecule has 1 aromatic rings. The molecule has 0 atom stereocenters. The van der Waals surface area contributed by atoms with Gasteiger partial charge in [-0.1, -0.05) is 19.4 Å². The molecule has 1 aliphatic carbocycles. The topological polar surface area (TPSA) is 30.5 Å². The molecule has 0 spiro atoms. The van der Waals surface area contributed by atoms with E-state index in [2.05, 4.69) is 18.3 Å². The maximum atomic E-state index is 5.41. The van der Waals surface area contributed by atoms with Crippen LogP contribution in [0.25, 0.3) is 0 Å². The van der Waals surface area contributed by atoms with E-state index in [9.17, 15) is 0 Å². The van der Waals surface area contributed by atoms with E-state index in [0.29, 0.717) is 5.41 Å². The van der Waals surface area contributed by atoms with Gasteiger partial charge in [0.15, 0.2) is 0 Å². The van der Waals surface area contributed by atoms with Crippen LogP contribution >= 0.6 is 0 Å². The average Bonchev–Trinajstić information content (AvgIpc) is 3.19. The monoisotopic (exact) mass is 263 g/mol. The molecule has 0 aliphatic heterocycles. The van der Waals surface area contributed by atoms with Crippen molar-refractivity contribution in [1.82, 2.24) is 5.32 Å². The highest BCUT2D eigenvalue weighted by atomic mass is 16.5. The van der Waals surface area contributed by atoms with Gasteiger partial charge in [0.25, 0.3) is 0 Å². The number of hydrogen-bond acceptors (Lipinski definition) is 3. The van der Waals surface area contributed by atoms with Crippen molar-refractivity contribution in [3.8, 4) is 11.5 Å². The van der Waals surface area contributed by atoms with Crippen molar-refractivity contribution in [3.05, 3.63) is 23.8 Å². The molecule has 106 valence electrons. The van der Waals surface area contributed by atoms with Crippen molar-refractivity contribution in [2.24, 2.45) is 5.41 Å². The van der Waals surface area contributed by atoms with Gasteiger partial charge in [0.1, 0.15) is 11.5 Å². The normalized spacial score (nSPS) is 16.2. The third kappa shape index (κ3) is 3.63. The molecular formula is C16H25NO2. The van der Waals surface area contributed by atoms with E-state index in [1.54, 1.807) is 14.2 Å². The minimum Gasteiger partial charge on any atom is -0.497 e. The molecule has 3 heteroatoms. The largest absolute Gasteiger partial charge is 0.497 e. The molecule has 2 rings (SSSR count). The predicted octanol–water partition coefficient (Wildman–Crippen LogP) is 3.37. The summed E-state index contributed by atoms with van der Waals surface area (Å²) < 4.78 is 10.6. The summed E-state index contributed by atoms with van der Waals surface area (Å²) >= 11 is 0. The highest BCUT2D eigenvalue weighted by molar-refractivity contribution is 5.40. The van der Waals surface area contributed by atoms with Gasteiger partial charge in [0, 0.05) is 24.7 Å². The number of nitrogens with one attached hydrogen (secondary N) is 1. The van der Waals surface area contributed by atoms with E-state index in [1.807, 2.05) is 12.1 Å². The molecule has 1 aromatic carbocycles. The molecule has 1 saturated carbocycles. The maximum absolute atomic E-state index is 5.41. The smallest absolute Gasteiger partial charge is 0.127 e.